The van der Waals surface area contributed by atoms with Gasteiger partial charge in [-0.05, 0) is 20.3 Å². The first kappa shape index (κ1) is 13.1. The molecular formula is C13H22N4O. The molecule has 1 aliphatic heterocycles. The number of ether oxygens (including phenoxy) is 1. The monoisotopic (exact) mass is 250 g/mol. The highest BCUT2D eigenvalue weighted by atomic mass is 16.5. The van der Waals surface area contributed by atoms with Crippen molar-refractivity contribution in [3.05, 3.63) is 11.9 Å². The van der Waals surface area contributed by atoms with Crippen molar-refractivity contribution in [1.82, 2.24) is 9.97 Å². The maximum Gasteiger partial charge on any atom is 0.137 e. The minimum Gasteiger partial charge on any atom is -0.383 e. The van der Waals surface area contributed by atoms with Crippen LogP contribution in [0.15, 0.2) is 6.33 Å². The van der Waals surface area contributed by atoms with Crippen LogP contribution in [0.1, 0.15) is 32.8 Å². The number of nitrogen functional groups attached to an aromatic ring is 1. The van der Waals surface area contributed by atoms with Gasteiger partial charge >= 0.3 is 0 Å². The van der Waals surface area contributed by atoms with E-state index in [1.54, 1.807) is 6.33 Å². The molecule has 18 heavy (non-hydrogen) atoms. The molecule has 1 saturated heterocycles. The summed E-state index contributed by atoms with van der Waals surface area (Å²) in [6.07, 6.45) is 3.95. The molecule has 0 bridgehead atoms. The number of anilines is 2. The van der Waals surface area contributed by atoms with Crippen LogP contribution in [0.4, 0.5) is 11.6 Å². The highest BCUT2D eigenvalue weighted by Crippen LogP contribution is 2.25. The zero-order chi connectivity index (χ0) is 13.1. The van der Waals surface area contributed by atoms with Gasteiger partial charge < -0.3 is 15.4 Å². The van der Waals surface area contributed by atoms with Gasteiger partial charge in [-0.15, -0.1) is 0 Å². The van der Waals surface area contributed by atoms with Crippen molar-refractivity contribution in [1.29, 1.82) is 0 Å². The molecule has 0 unspecified atom stereocenters. The lowest BCUT2D eigenvalue weighted by molar-refractivity contribution is -0.00551. The highest BCUT2D eigenvalue weighted by molar-refractivity contribution is 5.57. The van der Waals surface area contributed by atoms with Crippen LogP contribution in [0.25, 0.3) is 0 Å². The summed E-state index contributed by atoms with van der Waals surface area (Å²) < 4.78 is 5.75. The quantitative estimate of drug-likeness (QED) is 0.883. The highest BCUT2D eigenvalue weighted by Gasteiger charge is 2.25. The Labute approximate surface area is 108 Å². The molecule has 2 N–H and O–H groups in total. The smallest absolute Gasteiger partial charge is 0.137 e. The summed E-state index contributed by atoms with van der Waals surface area (Å²) in [4.78, 5) is 10.8. The van der Waals surface area contributed by atoms with Crippen molar-refractivity contribution in [3.8, 4) is 0 Å². The molecular weight excluding hydrogens is 228 g/mol. The molecule has 1 fully saturated rings. The number of nitrogens with two attached hydrogens (primary N) is 1. The zero-order valence-electron chi connectivity index (χ0n) is 11.4. The summed E-state index contributed by atoms with van der Waals surface area (Å²) in [5.74, 6) is 1.58. The van der Waals surface area contributed by atoms with E-state index in [0.717, 1.165) is 37.3 Å². The minimum atomic E-state index is 0.222. The van der Waals surface area contributed by atoms with Crippen LogP contribution in [-0.4, -0.2) is 35.3 Å². The molecule has 2 rings (SSSR count). The van der Waals surface area contributed by atoms with E-state index in [0.29, 0.717) is 5.82 Å². The number of morpholine rings is 1. The fourth-order valence-electron chi connectivity index (χ4n) is 2.53. The normalized spacial score (nSPS) is 24.3. The van der Waals surface area contributed by atoms with E-state index in [9.17, 15) is 0 Å². The van der Waals surface area contributed by atoms with Crippen LogP contribution in [0.3, 0.4) is 0 Å². The van der Waals surface area contributed by atoms with Gasteiger partial charge in [0.15, 0.2) is 0 Å². The topological polar surface area (TPSA) is 64.3 Å². The molecule has 0 amide bonds. The van der Waals surface area contributed by atoms with Gasteiger partial charge in [0.05, 0.1) is 12.2 Å². The Balaban J connectivity index is 2.29. The van der Waals surface area contributed by atoms with Crippen LogP contribution in [0.2, 0.25) is 0 Å². The van der Waals surface area contributed by atoms with Crippen LogP contribution in [-0.2, 0) is 11.2 Å². The number of nitrogens with zero attached hydrogens (tertiary/aromatic N) is 3. The van der Waals surface area contributed by atoms with E-state index in [-0.39, 0.29) is 12.2 Å². The molecule has 0 aliphatic carbocycles. The number of aromatic nitrogens is 2. The van der Waals surface area contributed by atoms with Gasteiger partial charge in [-0.2, -0.15) is 0 Å². The van der Waals surface area contributed by atoms with Gasteiger partial charge in [0.25, 0.3) is 0 Å². The molecule has 5 nitrogen and oxygen atoms in total. The lowest BCUT2D eigenvalue weighted by atomic mass is 10.1. The van der Waals surface area contributed by atoms with E-state index in [2.05, 4.69) is 35.6 Å². The van der Waals surface area contributed by atoms with Crippen molar-refractivity contribution < 1.29 is 4.74 Å². The number of rotatable bonds is 3. The average Bonchev–Trinajstić information content (AvgIpc) is 2.30. The molecule has 0 saturated carbocycles. The predicted octanol–water partition coefficient (Wildman–Crippen LogP) is 1.62. The van der Waals surface area contributed by atoms with Crippen molar-refractivity contribution in [2.75, 3.05) is 23.7 Å². The maximum atomic E-state index is 5.97. The molecule has 0 aromatic carbocycles. The van der Waals surface area contributed by atoms with Crippen molar-refractivity contribution in [2.45, 2.75) is 45.8 Å². The van der Waals surface area contributed by atoms with Crippen LogP contribution < -0.4 is 10.6 Å². The second kappa shape index (κ2) is 5.52. The third-order valence-electron chi connectivity index (χ3n) is 3.18. The Hall–Kier alpha value is -1.36. The Morgan fingerprint density at radius 3 is 2.61 bits per heavy atom. The van der Waals surface area contributed by atoms with Crippen molar-refractivity contribution >= 4 is 11.6 Å². The van der Waals surface area contributed by atoms with Crippen LogP contribution in [0.5, 0.6) is 0 Å². The zero-order valence-corrected chi connectivity index (χ0v) is 11.4. The molecule has 100 valence electrons. The number of hydrogen-bond donors (Lipinski definition) is 1. The largest absolute Gasteiger partial charge is 0.383 e. The van der Waals surface area contributed by atoms with Crippen LogP contribution in [0, 0.1) is 0 Å². The first-order valence-electron chi connectivity index (χ1n) is 6.61. The van der Waals surface area contributed by atoms with E-state index in [4.69, 9.17) is 10.5 Å². The summed E-state index contributed by atoms with van der Waals surface area (Å²) in [6, 6.07) is 0. The molecule has 1 aromatic rings. The minimum absolute atomic E-state index is 0.222. The van der Waals surface area contributed by atoms with Gasteiger partial charge in [0.1, 0.15) is 18.0 Å². The van der Waals surface area contributed by atoms with Gasteiger partial charge in [-0.25, -0.2) is 9.97 Å². The fourth-order valence-corrected chi connectivity index (χ4v) is 2.53. The second-order valence-electron chi connectivity index (χ2n) is 4.97. The van der Waals surface area contributed by atoms with E-state index >= 15 is 0 Å². The summed E-state index contributed by atoms with van der Waals surface area (Å²) in [6.45, 7) is 8.04. The Bertz CT molecular complexity index is 400. The third-order valence-corrected chi connectivity index (χ3v) is 3.18. The Kier molecular flexibility index (Phi) is 4.01. The molecule has 5 heteroatoms. The lowest BCUT2D eigenvalue weighted by Crippen LogP contribution is -2.46. The Morgan fingerprint density at radius 2 is 2.00 bits per heavy atom. The average molecular weight is 250 g/mol. The summed E-state index contributed by atoms with van der Waals surface area (Å²) in [5.41, 5.74) is 7.05. The van der Waals surface area contributed by atoms with E-state index in [1.807, 2.05) is 0 Å². The fraction of sp³-hybridized carbons (Fsp3) is 0.692. The molecule has 2 atom stereocenters. The molecule has 2 heterocycles. The third kappa shape index (κ3) is 2.72. The van der Waals surface area contributed by atoms with E-state index < -0.39 is 0 Å². The summed E-state index contributed by atoms with van der Waals surface area (Å²) >= 11 is 0. The van der Waals surface area contributed by atoms with E-state index in [1.165, 1.54) is 0 Å². The van der Waals surface area contributed by atoms with Gasteiger partial charge in [0, 0.05) is 18.7 Å². The molecule has 0 radical (unpaired) electrons. The van der Waals surface area contributed by atoms with Gasteiger partial charge in [0.2, 0.25) is 0 Å². The van der Waals surface area contributed by atoms with Crippen molar-refractivity contribution in [3.63, 3.8) is 0 Å². The first-order valence-corrected chi connectivity index (χ1v) is 6.61. The molecule has 1 aromatic heterocycles. The molecule has 0 spiro atoms. The summed E-state index contributed by atoms with van der Waals surface area (Å²) in [5, 5.41) is 0. The van der Waals surface area contributed by atoms with Gasteiger partial charge in [-0.3, -0.25) is 0 Å². The van der Waals surface area contributed by atoms with Gasteiger partial charge in [-0.1, -0.05) is 13.3 Å². The molecule has 1 aliphatic rings. The Morgan fingerprint density at radius 1 is 1.33 bits per heavy atom. The standard InChI is InChI=1S/C13H22N4O/c1-4-5-11-12(14)15-8-16-13(11)17-6-9(2)18-10(3)7-17/h8-10H,4-7H2,1-3H3,(H2,14,15,16)/t9-,10+. The lowest BCUT2D eigenvalue weighted by Gasteiger charge is -2.37. The van der Waals surface area contributed by atoms with Crippen molar-refractivity contribution in [2.24, 2.45) is 0 Å². The first-order chi connectivity index (χ1) is 8.61. The predicted molar refractivity (Wildman–Crippen MR) is 72.7 cm³/mol. The number of hydrogen-bond acceptors (Lipinski definition) is 5. The second-order valence-corrected chi connectivity index (χ2v) is 4.97. The summed E-state index contributed by atoms with van der Waals surface area (Å²) in [7, 11) is 0. The maximum absolute atomic E-state index is 5.97. The van der Waals surface area contributed by atoms with Crippen LogP contribution >= 0.6 is 0 Å². The SMILES string of the molecule is CCCc1c(N)ncnc1N1C[C@@H](C)O[C@@H](C)C1.